The Morgan fingerprint density at radius 2 is 1.93 bits per heavy atom. The van der Waals surface area contributed by atoms with Crippen LogP contribution < -0.4 is 0 Å². The van der Waals surface area contributed by atoms with E-state index >= 15 is 0 Å². The summed E-state index contributed by atoms with van der Waals surface area (Å²) in [6.45, 7) is 14.7. The van der Waals surface area contributed by atoms with Crippen LogP contribution in [0.4, 0.5) is 0 Å². The minimum absolute atomic E-state index is 0.482. The van der Waals surface area contributed by atoms with Crippen LogP contribution in [0.1, 0.15) is 13.3 Å². The maximum Gasteiger partial charge on any atom is 0.170 e. The fourth-order valence-corrected chi connectivity index (χ4v) is 1.28. The lowest BCUT2D eigenvalue weighted by atomic mass is 9.47. The third-order valence-electron chi connectivity index (χ3n) is 2.07. The average Bonchev–Trinajstić information content (AvgIpc) is 2.20. The molecule has 0 heterocycles. The Hall–Kier alpha value is -1.24. The molecule has 0 fully saturated rings. The lowest BCUT2D eigenvalue weighted by Crippen LogP contribution is -2.06. The molecule has 0 radical (unpaired) electrons. The molecule has 0 nitrogen and oxygen atoms in total. The zero-order valence-corrected chi connectivity index (χ0v) is 10.2. The van der Waals surface area contributed by atoms with Gasteiger partial charge < -0.3 is 0 Å². The Kier molecular flexibility index (Phi) is 7.44. The normalized spacial score (nSPS) is 12.3. The maximum atomic E-state index is 4.06. The van der Waals surface area contributed by atoms with Crippen molar-refractivity contribution in [1.29, 1.82) is 0 Å². The first-order chi connectivity index (χ1) is 7.13. The standard InChI is InChI=1S/C14H21B/c1-6-8-9-10-12-13(3)14(11-7-2)15(4)5/h7-12H,2-3,6H2,1,4-5H3/b9-8-,12-10-,14-11-. The van der Waals surface area contributed by atoms with Gasteiger partial charge in [0, 0.05) is 0 Å². The highest BCUT2D eigenvalue weighted by atomic mass is 13.9. The molecule has 0 aromatic rings. The monoisotopic (exact) mass is 200 g/mol. The highest BCUT2D eigenvalue weighted by Crippen LogP contribution is 2.13. The molecule has 0 N–H and O–H groups in total. The second-order valence-electron chi connectivity index (χ2n) is 3.73. The lowest BCUT2D eigenvalue weighted by molar-refractivity contribution is 1.22. The van der Waals surface area contributed by atoms with Gasteiger partial charge in [0.05, 0.1) is 0 Å². The Morgan fingerprint density at radius 3 is 2.40 bits per heavy atom. The van der Waals surface area contributed by atoms with Crippen LogP contribution in [0.25, 0.3) is 0 Å². The van der Waals surface area contributed by atoms with E-state index in [1.165, 1.54) is 5.47 Å². The van der Waals surface area contributed by atoms with E-state index in [0.29, 0.717) is 6.71 Å². The molecule has 0 spiro atoms. The molecule has 0 aromatic heterocycles. The quantitative estimate of drug-likeness (QED) is 0.438. The van der Waals surface area contributed by atoms with Gasteiger partial charge in [0.2, 0.25) is 0 Å². The van der Waals surface area contributed by atoms with Crippen molar-refractivity contribution in [2.75, 3.05) is 0 Å². The van der Waals surface area contributed by atoms with Crippen LogP contribution in [0.15, 0.2) is 60.7 Å². The highest BCUT2D eigenvalue weighted by molar-refractivity contribution is 6.65. The summed E-state index contributed by atoms with van der Waals surface area (Å²) in [5, 5.41) is 0. The van der Waals surface area contributed by atoms with Crippen LogP contribution in [0, 0.1) is 0 Å². The van der Waals surface area contributed by atoms with Gasteiger partial charge >= 0.3 is 0 Å². The van der Waals surface area contributed by atoms with Crippen LogP contribution in [0.3, 0.4) is 0 Å². The first-order valence-corrected chi connectivity index (χ1v) is 5.48. The van der Waals surface area contributed by atoms with Gasteiger partial charge in [-0.1, -0.05) is 75.7 Å². The van der Waals surface area contributed by atoms with Gasteiger partial charge in [-0.05, 0) is 12.0 Å². The van der Waals surface area contributed by atoms with Crippen molar-refractivity contribution in [3.05, 3.63) is 60.7 Å². The van der Waals surface area contributed by atoms with Gasteiger partial charge in [0.1, 0.15) is 0 Å². The van der Waals surface area contributed by atoms with Crippen molar-refractivity contribution < 1.29 is 0 Å². The van der Waals surface area contributed by atoms with E-state index in [-0.39, 0.29) is 0 Å². The van der Waals surface area contributed by atoms with Crippen LogP contribution in [-0.2, 0) is 0 Å². The summed E-state index contributed by atoms with van der Waals surface area (Å²) in [5.41, 5.74) is 2.30. The summed E-state index contributed by atoms with van der Waals surface area (Å²) < 4.78 is 0. The van der Waals surface area contributed by atoms with Gasteiger partial charge in [-0.2, -0.15) is 0 Å². The second kappa shape index (κ2) is 8.10. The minimum Gasteiger partial charge on any atom is -0.0991 e. The molecule has 0 aliphatic rings. The third kappa shape index (κ3) is 5.95. The topological polar surface area (TPSA) is 0 Å². The number of allylic oxidation sites excluding steroid dienone is 8. The van der Waals surface area contributed by atoms with Crippen molar-refractivity contribution in [3.63, 3.8) is 0 Å². The molecule has 0 amide bonds. The van der Waals surface area contributed by atoms with Gasteiger partial charge in [-0.3, -0.25) is 0 Å². The predicted molar refractivity (Wildman–Crippen MR) is 73.5 cm³/mol. The lowest BCUT2D eigenvalue weighted by Gasteiger charge is -2.07. The van der Waals surface area contributed by atoms with Gasteiger partial charge in [0.15, 0.2) is 6.71 Å². The summed E-state index contributed by atoms with van der Waals surface area (Å²) in [7, 11) is 0. The number of rotatable bonds is 6. The van der Waals surface area contributed by atoms with Crippen LogP contribution in [0.5, 0.6) is 0 Å². The number of hydrogen-bond donors (Lipinski definition) is 0. The summed E-state index contributed by atoms with van der Waals surface area (Å²) in [6, 6.07) is 0. The Balaban J connectivity index is 4.53. The highest BCUT2D eigenvalue weighted by Gasteiger charge is 2.06. The summed E-state index contributed by atoms with van der Waals surface area (Å²) >= 11 is 0. The maximum absolute atomic E-state index is 4.06. The first-order valence-electron chi connectivity index (χ1n) is 5.48. The van der Waals surface area contributed by atoms with Gasteiger partial charge in [-0.25, -0.2) is 0 Å². The summed E-state index contributed by atoms with van der Waals surface area (Å²) in [6.07, 6.45) is 13.2. The smallest absolute Gasteiger partial charge is 0.0991 e. The summed E-state index contributed by atoms with van der Waals surface area (Å²) in [4.78, 5) is 0. The van der Waals surface area contributed by atoms with Gasteiger partial charge in [0.25, 0.3) is 0 Å². The number of hydrogen-bond acceptors (Lipinski definition) is 0. The first kappa shape index (κ1) is 13.8. The molecule has 1 heteroatoms. The van der Waals surface area contributed by atoms with Crippen molar-refractivity contribution in [1.82, 2.24) is 0 Å². The Bertz CT molecular complexity index is 290. The zero-order chi connectivity index (χ0) is 11.7. The molecular formula is C14H21B. The molecule has 0 saturated heterocycles. The van der Waals surface area contributed by atoms with Crippen LogP contribution in [-0.4, -0.2) is 6.71 Å². The van der Waals surface area contributed by atoms with E-state index in [1.54, 1.807) is 0 Å². The summed E-state index contributed by atoms with van der Waals surface area (Å²) in [5.74, 6) is 0. The molecule has 0 aliphatic heterocycles. The third-order valence-corrected chi connectivity index (χ3v) is 2.07. The van der Waals surface area contributed by atoms with E-state index in [9.17, 15) is 0 Å². The Labute approximate surface area is 94.9 Å². The molecule has 15 heavy (non-hydrogen) atoms. The molecular weight excluding hydrogens is 179 g/mol. The molecule has 0 rings (SSSR count). The molecule has 80 valence electrons. The largest absolute Gasteiger partial charge is 0.170 e. The van der Waals surface area contributed by atoms with E-state index in [1.807, 2.05) is 24.3 Å². The van der Waals surface area contributed by atoms with E-state index in [0.717, 1.165) is 12.0 Å². The molecule has 0 unspecified atom stereocenters. The molecule has 0 bridgehead atoms. The van der Waals surface area contributed by atoms with Crippen LogP contribution in [0.2, 0.25) is 13.6 Å². The van der Waals surface area contributed by atoms with E-state index in [2.05, 4.69) is 45.9 Å². The Morgan fingerprint density at radius 1 is 1.27 bits per heavy atom. The SMILES string of the molecule is C=C/C=C(\B(C)C)C(=C)/C=C\C=C/CC. The molecule has 0 aromatic carbocycles. The van der Waals surface area contributed by atoms with E-state index in [4.69, 9.17) is 0 Å². The van der Waals surface area contributed by atoms with E-state index < -0.39 is 0 Å². The minimum atomic E-state index is 0.482. The van der Waals surface area contributed by atoms with Crippen molar-refractivity contribution >= 4 is 6.71 Å². The van der Waals surface area contributed by atoms with Crippen molar-refractivity contribution in [3.8, 4) is 0 Å². The molecule has 0 saturated carbocycles. The van der Waals surface area contributed by atoms with Crippen LogP contribution >= 0.6 is 0 Å². The fourth-order valence-electron chi connectivity index (χ4n) is 1.28. The molecule has 0 atom stereocenters. The van der Waals surface area contributed by atoms with Crippen molar-refractivity contribution in [2.45, 2.75) is 27.0 Å². The zero-order valence-electron chi connectivity index (χ0n) is 10.2. The second-order valence-corrected chi connectivity index (χ2v) is 3.73. The predicted octanol–water partition coefficient (Wildman–Crippen LogP) is 4.47. The average molecular weight is 200 g/mol. The van der Waals surface area contributed by atoms with Gasteiger partial charge in [-0.15, -0.1) is 0 Å². The van der Waals surface area contributed by atoms with Crippen molar-refractivity contribution in [2.24, 2.45) is 0 Å². The molecule has 0 aliphatic carbocycles. The fraction of sp³-hybridized carbons (Fsp3) is 0.286.